The molecule has 0 bridgehead atoms. The zero-order valence-corrected chi connectivity index (χ0v) is 10.3. The molecule has 1 aliphatic heterocycles. The molecular formula is C13H13NO2S. The Bertz CT molecular complexity index is 567. The SMILES string of the molecule is CN1C=CC(=CS(=O)(=O)c2ccccc2)C=C1. The topological polar surface area (TPSA) is 37.4 Å². The van der Waals surface area contributed by atoms with Gasteiger partial charge in [-0.3, -0.25) is 0 Å². The van der Waals surface area contributed by atoms with Gasteiger partial charge in [-0.25, -0.2) is 8.42 Å². The largest absolute Gasteiger partial charge is 0.357 e. The van der Waals surface area contributed by atoms with Gasteiger partial charge >= 0.3 is 0 Å². The quantitative estimate of drug-likeness (QED) is 0.805. The van der Waals surface area contributed by atoms with Crippen molar-refractivity contribution in [3.63, 3.8) is 0 Å². The van der Waals surface area contributed by atoms with Crippen LogP contribution in [0, 0.1) is 0 Å². The Kier molecular flexibility index (Phi) is 3.15. The summed E-state index contributed by atoms with van der Waals surface area (Å²) in [6, 6.07) is 8.41. The minimum Gasteiger partial charge on any atom is -0.357 e. The van der Waals surface area contributed by atoms with Gasteiger partial charge in [0.25, 0.3) is 0 Å². The van der Waals surface area contributed by atoms with Crippen LogP contribution in [0.2, 0.25) is 0 Å². The molecule has 4 heteroatoms. The van der Waals surface area contributed by atoms with Gasteiger partial charge in [0.2, 0.25) is 0 Å². The first kappa shape index (κ1) is 11.7. The summed E-state index contributed by atoms with van der Waals surface area (Å²) in [6.45, 7) is 0. The van der Waals surface area contributed by atoms with Gasteiger partial charge in [-0.1, -0.05) is 18.2 Å². The van der Waals surface area contributed by atoms with Crippen molar-refractivity contribution in [1.29, 1.82) is 0 Å². The van der Waals surface area contributed by atoms with E-state index in [-0.39, 0.29) is 0 Å². The highest BCUT2D eigenvalue weighted by Crippen LogP contribution is 2.16. The lowest BCUT2D eigenvalue weighted by molar-refractivity contribution is 0.604. The molecule has 1 aromatic carbocycles. The van der Waals surface area contributed by atoms with Crippen LogP contribution in [0.1, 0.15) is 0 Å². The molecule has 1 aromatic rings. The third-order valence-electron chi connectivity index (χ3n) is 2.37. The van der Waals surface area contributed by atoms with Crippen molar-refractivity contribution in [2.75, 3.05) is 7.05 Å². The van der Waals surface area contributed by atoms with Crippen molar-refractivity contribution in [3.05, 3.63) is 65.9 Å². The average molecular weight is 247 g/mol. The lowest BCUT2D eigenvalue weighted by Gasteiger charge is -2.11. The molecule has 1 aliphatic rings. The molecular weight excluding hydrogens is 234 g/mol. The van der Waals surface area contributed by atoms with Gasteiger partial charge in [-0.2, -0.15) is 0 Å². The zero-order chi connectivity index (χ0) is 12.3. The van der Waals surface area contributed by atoms with Crippen molar-refractivity contribution < 1.29 is 8.42 Å². The summed E-state index contributed by atoms with van der Waals surface area (Å²) in [6.07, 6.45) is 7.15. The molecule has 0 atom stereocenters. The number of hydrogen-bond acceptors (Lipinski definition) is 3. The Morgan fingerprint density at radius 2 is 1.65 bits per heavy atom. The molecule has 0 radical (unpaired) electrons. The van der Waals surface area contributed by atoms with Gasteiger partial charge in [-0.05, 0) is 29.9 Å². The molecule has 3 nitrogen and oxygen atoms in total. The second kappa shape index (κ2) is 4.59. The monoisotopic (exact) mass is 247 g/mol. The third-order valence-corrected chi connectivity index (χ3v) is 3.88. The first-order chi connectivity index (χ1) is 8.08. The summed E-state index contributed by atoms with van der Waals surface area (Å²) in [5.41, 5.74) is 0.673. The van der Waals surface area contributed by atoms with Crippen LogP contribution in [-0.2, 0) is 9.84 Å². The number of allylic oxidation sites excluding steroid dienone is 3. The van der Waals surface area contributed by atoms with E-state index in [0.29, 0.717) is 10.5 Å². The molecule has 0 spiro atoms. The van der Waals surface area contributed by atoms with Crippen LogP contribution in [0.25, 0.3) is 0 Å². The maximum Gasteiger partial charge on any atom is 0.200 e. The fourth-order valence-electron chi connectivity index (χ4n) is 1.45. The molecule has 0 saturated heterocycles. The van der Waals surface area contributed by atoms with Gasteiger partial charge in [0, 0.05) is 24.9 Å². The molecule has 0 saturated carbocycles. The molecule has 88 valence electrons. The van der Waals surface area contributed by atoms with Gasteiger partial charge in [0.05, 0.1) is 4.90 Å². The fourth-order valence-corrected chi connectivity index (χ4v) is 2.64. The summed E-state index contributed by atoms with van der Waals surface area (Å²) >= 11 is 0. The van der Waals surface area contributed by atoms with E-state index < -0.39 is 9.84 Å². The number of nitrogens with zero attached hydrogens (tertiary/aromatic N) is 1. The fraction of sp³-hybridized carbons (Fsp3) is 0.0769. The average Bonchev–Trinajstić information content (AvgIpc) is 2.33. The van der Waals surface area contributed by atoms with Gasteiger partial charge in [0.1, 0.15) is 0 Å². The van der Waals surface area contributed by atoms with Crippen LogP contribution < -0.4 is 0 Å². The van der Waals surface area contributed by atoms with Crippen LogP contribution in [0.5, 0.6) is 0 Å². The minimum atomic E-state index is -3.36. The molecule has 0 aromatic heterocycles. The first-order valence-electron chi connectivity index (χ1n) is 5.18. The smallest absolute Gasteiger partial charge is 0.200 e. The van der Waals surface area contributed by atoms with E-state index in [9.17, 15) is 8.42 Å². The second-order valence-corrected chi connectivity index (χ2v) is 5.57. The Morgan fingerprint density at radius 3 is 2.24 bits per heavy atom. The first-order valence-corrected chi connectivity index (χ1v) is 6.73. The zero-order valence-electron chi connectivity index (χ0n) is 9.45. The molecule has 2 rings (SSSR count). The van der Waals surface area contributed by atoms with Crippen LogP contribution in [0.15, 0.2) is 70.8 Å². The van der Waals surface area contributed by atoms with E-state index in [1.165, 1.54) is 5.41 Å². The van der Waals surface area contributed by atoms with Crippen molar-refractivity contribution in [1.82, 2.24) is 4.90 Å². The van der Waals surface area contributed by atoms with Crippen LogP contribution in [-0.4, -0.2) is 20.4 Å². The lowest BCUT2D eigenvalue weighted by Crippen LogP contribution is -2.04. The number of sulfone groups is 1. The van der Waals surface area contributed by atoms with Crippen molar-refractivity contribution in [3.8, 4) is 0 Å². The van der Waals surface area contributed by atoms with Gasteiger partial charge < -0.3 is 4.90 Å². The predicted octanol–water partition coefficient (Wildman–Crippen LogP) is 2.32. The van der Waals surface area contributed by atoms with Crippen LogP contribution >= 0.6 is 0 Å². The van der Waals surface area contributed by atoms with Gasteiger partial charge in [0.15, 0.2) is 9.84 Å². The normalized spacial score (nSPS) is 15.1. The van der Waals surface area contributed by atoms with E-state index in [2.05, 4.69) is 0 Å². The summed E-state index contributed by atoms with van der Waals surface area (Å²) in [4.78, 5) is 2.17. The molecule has 0 unspecified atom stereocenters. The lowest BCUT2D eigenvalue weighted by atomic mass is 10.2. The predicted molar refractivity (Wildman–Crippen MR) is 67.8 cm³/mol. The van der Waals surface area contributed by atoms with E-state index >= 15 is 0 Å². The maximum atomic E-state index is 12.0. The summed E-state index contributed by atoms with van der Waals surface area (Å²) in [5, 5.41) is 1.28. The number of rotatable bonds is 2. The molecule has 0 amide bonds. The summed E-state index contributed by atoms with van der Waals surface area (Å²) < 4.78 is 24.0. The Labute approximate surface area is 101 Å². The van der Waals surface area contributed by atoms with E-state index in [4.69, 9.17) is 0 Å². The number of hydrogen-bond donors (Lipinski definition) is 0. The van der Waals surface area contributed by atoms with Gasteiger partial charge in [-0.15, -0.1) is 0 Å². The van der Waals surface area contributed by atoms with Crippen molar-refractivity contribution in [2.24, 2.45) is 0 Å². The molecule has 0 N–H and O–H groups in total. The highest BCUT2D eigenvalue weighted by molar-refractivity contribution is 7.94. The molecule has 0 fully saturated rings. The minimum absolute atomic E-state index is 0.313. The highest BCUT2D eigenvalue weighted by Gasteiger charge is 2.11. The summed E-state index contributed by atoms with van der Waals surface area (Å²) in [5.74, 6) is 0. The van der Waals surface area contributed by atoms with Crippen LogP contribution in [0.4, 0.5) is 0 Å². The second-order valence-electron chi connectivity index (χ2n) is 3.77. The Balaban J connectivity index is 2.34. The van der Waals surface area contributed by atoms with Crippen LogP contribution in [0.3, 0.4) is 0 Å². The van der Waals surface area contributed by atoms with Crippen molar-refractivity contribution in [2.45, 2.75) is 4.90 Å². The van der Waals surface area contributed by atoms with E-state index in [1.807, 2.05) is 24.3 Å². The molecule has 17 heavy (non-hydrogen) atoms. The van der Waals surface area contributed by atoms with E-state index in [0.717, 1.165) is 0 Å². The Morgan fingerprint density at radius 1 is 1.06 bits per heavy atom. The number of benzene rings is 1. The van der Waals surface area contributed by atoms with E-state index in [1.54, 1.807) is 42.5 Å². The maximum absolute atomic E-state index is 12.0. The molecule has 0 aliphatic carbocycles. The molecule has 1 heterocycles. The standard InChI is InChI=1S/C13H13NO2S/c1-14-9-7-12(8-10-14)11-17(15,16)13-5-3-2-4-6-13/h2-11H,1H3. The highest BCUT2D eigenvalue weighted by atomic mass is 32.2. The third kappa shape index (κ3) is 2.85. The Hall–Kier alpha value is -1.81. The van der Waals surface area contributed by atoms with Crippen molar-refractivity contribution >= 4 is 9.84 Å². The summed E-state index contributed by atoms with van der Waals surface area (Å²) in [7, 11) is -1.48.